The topological polar surface area (TPSA) is 49.6 Å². The van der Waals surface area contributed by atoms with Gasteiger partial charge in [-0.25, -0.2) is 0 Å². The predicted octanol–water partition coefficient (Wildman–Crippen LogP) is 3.27. The summed E-state index contributed by atoms with van der Waals surface area (Å²) in [6, 6.07) is 5.53. The smallest absolute Gasteiger partial charge is 0.292 e. The van der Waals surface area contributed by atoms with Gasteiger partial charge in [0.15, 0.2) is 0 Å². The van der Waals surface area contributed by atoms with E-state index in [0.29, 0.717) is 11.2 Å². The molecule has 0 bridgehead atoms. The maximum atomic E-state index is 11.3. The first-order valence-electron chi connectivity index (χ1n) is 7.24. The molecule has 6 heteroatoms. The molecule has 1 heterocycles. The van der Waals surface area contributed by atoms with E-state index in [9.17, 15) is 10.1 Å². The van der Waals surface area contributed by atoms with Gasteiger partial charge in [0, 0.05) is 31.0 Å². The summed E-state index contributed by atoms with van der Waals surface area (Å²) in [7, 11) is 4.19. The maximum absolute atomic E-state index is 11.3. The average molecular weight is 356 g/mol. The summed E-state index contributed by atoms with van der Waals surface area (Å²) < 4.78 is 0. The van der Waals surface area contributed by atoms with Crippen LogP contribution in [0.1, 0.15) is 18.4 Å². The summed E-state index contributed by atoms with van der Waals surface area (Å²) in [4.78, 5) is 15.4. The van der Waals surface area contributed by atoms with Gasteiger partial charge in [-0.2, -0.15) is 0 Å². The van der Waals surface area contributed by atoms with Crippen molar-refractivity contribution in [3.63, 3.8) is 0 Å². The Bertz CT molecular complexity index is 500. The van der Waals surface area contributed by atoms with Crippen LogP contribution in [0.15, 0.2) is 18.2 Å². The minimum Gasteiger partial charge on any atom is -0.366 e. The monoisotopic (exact) mass is 355 g/mol. The number of anilines is 1. The second-order valence-electron chi connectivity index (χ2n) is 5.91. The number of nitro groups is 1. The highest BCUT2D eigenvalue weighted by Crippen LogP contribution is 2.32. The number of halogens is 1. The zero-order chi connectivity index (χ0) is 15.4. The highest BCUT2D eigenvalue weighted by molar-refractivity contribution is 9.08. The van der Waals surface area contributed by atoms with E-state index >= 15 is 0 Å². The molecule has 0 atom stereocenters. The van der Waals surface area contributed by atoms with Crippen LogP contribution < -0.4 is 4.90 Å². The number of rotatable bonds is 5. The molecule has 0 amide bonds. The number of benzene rings is 1. The Morgan fingerprint density at radius 1 is 1.38 bits per heavy atom. The summed E-state index contributed by atoms with van der Waals surface area (Å²) in [6.07, 6.45) is 2.19. The van der Waals surface area contributed by atoms with Crippen molar-refractivity contribution in [2.24, 2.45) is 5.92 Å². The van der Waals surface area contributed by atoms with Crippen molar-refractivity contribution in [1.29, 1.82) is 0 Å². The van der Waals surface area contributed by atoms with Gasteiger partial charge in [0.25, 0.3) is 5.69 Å². The number of hydrogen-bond acceptors (Lipinski definition) is 4. The third-order valence-corrected chi connectivity index (χ3v) is 4.62. The first kappa shape index (κ1) is 16.2. The van der Waals surface area contributed by atoms with Crippen LogP contribution in [-0.2, 0) is 5.33 Å². The van der Waals surface area contributed by atoms with Crippen LogP contribution in [0.3, 0.4) is 0 Å². The minimum atomic E-state index is -0.270. The highest BCUT2D eigenvalue weighted by Gasteiger charge is 2.25. The predicted molar refractivity (Wildman–Crippen MR) is 89.2 cm³/mol. The van der Waals surface area contributed by atoms with Gasteiger partial charge < -0.3 is 9.80 Å². The van der Waals surface area contributed by atoms with E-state index in [2.05, 4.69) is 39.8 Å². The van der Waals surface area contributed by atoms with Crippen LogP contribution in [0.5, 0.6) is 0 Å². The molecule has 0 radical (unpaired) electrons. The van der Waals surface area contributed by atoms with Crippen LogP contribution in [0.2, 0.25) is 0 Å². The molecule has 1 fully saturated rings. The summed E-state index contributed by atoms with van der Waals surface area (Å²) in [5.41, 5.74) is 1.92. The molecule has 1 aromatic rings. The third-order valence-electron chi connectivity index (χ3n) is 3.97. The fraction of sp³-hybridized carbons (Fsp3) is 0.600. The van der Waals surface area contributed by atoms with Crippen molar-refractivity contribution in [3.05, 3.63) is 33.9 Å². The second kappa shape index (κ2) is 7.22. The number of hydrogen-bond donors (Lipinski definition) is 0. The molecule has 0 saturated carbocycles. The normalized spacial score (nSPS) is 16.5. The molecular weight excluding hydrogens is 334 g/mol. The maximum Gasteiger partial charge on any atom is 0.292 e. The molecule has 1 aliphatic heterocycles. The van der Waals surface area contributed by atoms with Gasteiger partial charge in [-0.1, -0.05) is 22.0 Å². The highest BCUT2D eigenvalue weighted by atomic mass is 79.9. The van der Waals surface area contributed by atoms with E-state index in [1.165, 1.54) is 0 Å². The zero-order valence-electron chi connectivity index (χ0n) is 12.6. The quantitative estimate of drug-likeness (QED) is 0.462. The van der Waals surface area contributed by atoms with Gasteiger partial charge in [-0.05, 0) is 44.5 Å². The van der Waals surface area contributed by atoms with Crippen molar-refractivity contribution in [3.8, 4) is 0 Å². The Morgan fingerprint density at radius 3 is 2.57 bits per heavy atom. The zero-order valence-corrected chi connectivity index (χ0v) is 14.2. The molecule has 0 N–H and O–H groups in total. The summed E-state index contributed by atoms with van der Waals surface area (Å²) >= 11 is 3.35. The molecule has 1 saturated heterocycles. The largest absolute Gasteiger partial charge is 0.366 e. The number of nitro benzene ring substituents is 1. The van der Waals surface area contributed by atoms with Crippen LogP contribution in [0.4, 0.5) is 11.4 Å². The van der Waals surface area contributed by atoms with E-state index in [-0.39, 0.29) is 10.6 Å². The van der Waals surface area contributed by atoms with Gasteiger partial charge in [-0.3, -0.25) is 10.1 Å². The van der Waals surface area contributed by atoms with E-state index in [4.69, 9.17) is 0 Å². The standard InChI is InChI=1S/C15H22BrN3O2/c1-17(2)11-12-5-7-18(8-6-12)14-4-3-13(10-16)9-15(14)19(20)21/h3-4,9,12H,5-8,10-11H2,1-2H3. The molecule has 0 spiro atoms. The fourth-order valence-corrected chi connectivity index (χ4v) is 3.29. The molecule has 0 unspecified atom stereocenters. The summed E-state index contributed by atoms with van der Waals surface area (Å²) in [6.45, 7) is 2.89. The van der Waals surface area contributed by atoms with Crippen LogP contribution in [-0.4, -0.2) is 43.6 Å². The molecule has 21 heavy (non-hydrogen) atoms. The first-order valence-corrected chi connectivity index (χ1v) is 8.36. The fourth-order valence-electron chi connectivity index (χ4n) is 2.94. The van der Waals surface area contributed by atoms with Crippen molar-refractivity contribution in [1.82, 2.24) is 4.90 Å². The molecular formula is C15H22BrN3O2. The van der Waals surface area contributed by atoms with Crippen molar-refractivity contribution >= 4 is 27.3 Å². The molecule has 1 aromatic carbocycles. The van der Waals surface area contributed by atoms with E-state index in [1.54, 1.807) is 6.07 Å². The van der Waals surface area contributed by atoms with Crippen LogP contribution in [0.25, 0.3) is 0 Å². The Hall–Kier alpha value is -1.14. The van der Waals surface area contributed by atoms with Crippen LogP contribution in [0, 0.1) is 16.0 Å². The number of nitrogens with zero attached hydrogens (tertiary/aromatic N) is 3. The number of alkyl halides is 1. The lowest BCUT2D eigenvalue weighted by Gasteiger charge is -2.34. The summed E-state index contributed by atoms with van der Waals surface area (Å²) in [5, 5.41) is 11.9. The Labute approximate surface area is 134 Å². The first-order chi connectivity index (χ1) is 10.0. The van der Waals surface area contributed by atoms with Crippen molar-refractivity contribution in [2.75, 3.05) is 38.6 Å². The van der Waals surface area contributed by atoms with Gasteiger partial charge >= 0.3 is 0 Å². The molecule has 0 aliphatic carbocycles. The lowest BCUT2D eigenvalue weighted by molar-refractivity contribution is -0.384. The van der Waals surface area contributed by atoms with Crippen molar-refractivity contribution in [2.45, 2.75) is 18.2 Å². The summed E-state index contributed by atoms with van der Waals surface area (Å²) in [5.74, 6) is 0.692. The molecule has 0 aromatic heterocycles. The Morgan fingerprint density at radius 2 is 2.05 bits per heavy atom. The number of piperidine rings is 1. The second-order valence-corrected chi connectivity index (χ2v) is 6.47. The van der Waals surface area contributed by atoms with Gasteiger partial charge in [0.1, 0.15) is 5.69 Å². The Balaban J connectivity index is 2.11. The minimum absolute atomic E-state index is 0.220. The molecule has 1 aliphatic rings. The van der Waals surface area contributed by atoms with Crippen molar-refractivity contribution < 1.29 is 4.92 Å². The van der Waals surface area contributed by atoms with Gasteiger partial charge in [0.2, 0.25) is 0 Å². The lowest BCUT2D eigenvalue weighted by atomic mass is 9.96. The lowest BCUT2D eigenvalue weighted by Crippen LogP contribution is -2.37. The third kappa shape index (κ3) is 4.17. The van der Waals surface area contributed by atoms with E-state index < -0.39 is 0 Å². The average Bonchev–Trinajstić information content (AvgIpc) is 2.47. The SMILES string of the molecule is CN(C)CC1CCN(c2ccc(CBr)cc2[N+](=O)[O-])CC1. The van der Waals surface area contributed by atoms with Gasteiger partial charge in [-0.15, -0.1) is 0 Å². The van der Waals surface area contributed by atoms with E-state index in [0.717, 1.165) is 43.7 Å². The Kier molecular flexibility index (Phi) is 5.58. The molecule has 116 valence electrons. The van der Waals surface area contributed by atoms with Crippen LogP contribution >= 0.6 is 15.9 Å². The molecule has 5 nitrogen and oxygen atoms in total. The van der Waals surface area contributed by atoms with Gasteiger partial charge in [0.05, 0.1) is 4.92 Å². The molecule has 2 rings (SSSR count). The van der Waals surface area contributed by atoms with E-state index in [1.807, 2.05) is 12.1 Å².